The van der Waals surface area contributed by atoms with Crippen molar-refractivity contribution in [3.8, 4) is 0 Å². The summed E-state index contributed by atoms with van der Waals surface area (Å²) in [6, 6.07) is 0. The molecule has 2 rings (SSSR count). The van der Waals surface area contributed by atoms with Crippen LogP contribution in [0.3, 0.4) is 0 Å². The number of hydrogen-bond donors (Lipinski definition) is 0. The normalized spacial score (nSPS) is 43.4. The van der Waals surface area contributed by atoms with E-state index in [1.54, 1.807) is 0 Å². The Morgan fingerprint density at radius 2 is 1.57 bits per heavy atom. The second kappa shape index (κ2) is 0.984. The summed E-state index contributed by atoms with van der Waals surface area (Å²) >= 11 is 0. The monoisotopic (exact) mass is 94.0 g/mol. The molecule has 0 N–H and O–H groups in total. The van der Waals surface area contributed by atoms with Crippen LogP contribution in [0, 0.1) is 0 Å². The van der Waals surface area contributed by atoms with Crippen LogP contribution in [0.25, 0.3) is 0 Å². The second-order valence-electron chi connectivity index (χ2n) is 1.84. The van der Waals surface area contributed by atoms with Gasteiger partial charge in [-0.3, -0.25) is 0 Å². The van der Waals surface area contributed by atoms with Gasteiger partial charge in [-0.25, -0.2) is 0 Å². The lowest BCUT2D eigenvalue weighted by Crippen LogP contribution is -1.86. The van der Waals surface area contributed by atoms with Crippen molar-refractivity contribution in [1.82, 2.24) is 0 Å². The largest absolute Gasteiger partial charge is 0.361 e. The van der Waals surface area contributed by atoms with Gasteiger partial charge in [0.1, 0.15) is 12.2 Å². The minimum atomic E-state index is 0.435. The highest BCUT2D eigenvalue weighted by Crippen LogP contribution is 2.26. The van der Waals surface area contributed by atoms with Crippen LogP contribution in [0.4, 0.5) is 0 Å². The van der Waals surface area contributed by atoms with Gasteiger partial charge in [-0.2, -0.15) is 0 Å². The Balaban J connectivity index is 2.28. The molecule has 0 radical (unpaired) electrons. The fourth-order valence-electron chi connectivity index (χ4n) is 0.793. The van der Waals surface area contributed by atoms with E-state index >= 15 is 0 Å². The van der Waals surface area contributed by atoms with Gasteiger partial charge in [0.15, 0.2) is 0 Å². The number of fused-ring (bicyclic) bond motifs is 1. The number of rotatable bonds is 0. The Labute approximate surface area is 42.3 Å². The van der Waals surface area contributed by atoms with Crippen molar-refractivity contribution in [1.29, 1.82) is 0 Å². The smallest absolute Gasteiger partial charge is 0.107 e. The molecule has 0 aromatic rings. The third-order valence-corrected chi connectivity index (χ3v) is 1.27. The number of allylic oxidation sites excluding steroid dienone is 2. The molecule has 0 saturated carbocycles. The van der Waals surface area contributed by atoms with Crippen molar-refractivity contribution in [3.05, 3.63) is 24.3 Å². The van der Waals surface area contributed by atoms with Crippen molar-refractivity contribution in [2.75, 3.05) is 0 Å². The number of epoxide rings is 1. The Bertz CT molecular complexity index is 119. The van der Waals surface area contributed by atoms with Gasteiger partial charge in [-0.1, -0.05) is 24.3 Å². The van der Waals surface area contributed by atoms with Crippen molar-refractivity contribution in [3.63, 3.8) is 0 Å². The SMILES string of the molecule is C1=C[C@@H]2O[C@@H]2C=C1. The third-order valence-electron chi connectivity index (χ3n) is 1.27. The molecule has 2 atom stereocenters. The van der Waals surface area contributed by atoms with E-state index in [-0.39, 0.29) is 0 Å². The predicted molar refractivity (Wildman–Crippen MR) is 26.9 cm³/mol. The molecule has 7 heavy (non-hydrogen) atoms. The molecule has 36 valence electrons. The number of ether oxygens (including phenoxy) is 1. The topological polar surface area (TPSA) is 12.5 Å². The van der Waals surface area contributed by atoms with Gasteiger partial charge in [-0.05, 0) is 0 Å². The van der Waals surface area contributed by atoms with E-state index in [1.165, 1.54) is 0 Å². The van der Waals surface area contributed by atoms with E-state index in [1.807, 2.05) is 12.2 Å². The molecule has 0 unspecified atom stereocenters. The van der Waals surface area contributed by atoms with Gasteiger partial charge in [0.2, 0.25) is 0 Å². The van der Waals surface area contributed by atoms with E-state index in [0.717, 1.165) is 0 Å². The van der Waals surface area contributed by atoms with Crippen LogP contribution in [-0.4, -0.2) is 12.2 Å². The first-order chi connectivity index (χ1) is 3.47. The van der Waals surface area contributed by atoms with Gasteiger partial charge in [0, 0.05) is 0 Å². The molecule has 0 bridgehead atoms. The maximum absolute atomic E-state index is 5.10. The van der Waals surface area contributed by atoms with Crippen LogP contribution in [0.2, 0.25) is 0 Å². The molecule has 1 nitrogen and oxygen atoms in total. The number of hydrogen-bond acceptors (Lipinski definition) is 1. The van der Waals surface area contributed by atoms with Crippen molar-refractivity contribution in [2.24, 2.45) is 0 Å². The van der Waals surface area contributed by atoms with E-state index < -0.39 is 0 Å². The highest BCUT2D eigenvalue weighted by Gasteiger charge is 2.34. The molecule has 2 aliphatic rings. The molecule has 1 aliphatic carbocycles. The summed E-state index contributed by atoms with van der Waals surface area (Å²) in [6.45, 7) is 0. The van der Waals surface area contributed by atoms with Crippen molar-refractivity contribution in [2.45, 2.75) is 12.2 Å². The van der Waals surface area contributed by atoms with Gasteiger partial charge in [-0.15, -0.1) is 0 Å². The van der Waals surface area contributed by atoms with E-state index in [0.29, 0.717) is 12.2 Å². The van der Waals surface area contributed by atoms with Gasteiger partial charge in [0.05, 0.1) is 0 Å². The summed E-state index contributed by atoms with van der Waals surface area (Å²) in [6.07, 6.45) is 9.06. The van der Waals surface area contributed by atoms with E-state index in [4.69, 9.17) is 4.74 Å². The first kappa shape index (κ1) is 3.44. The molecule has 0 aromatic heterocycles. The summed E-state index contributed by atoms with van der Waals surface area (Å²) in [5.74, 6) is 0. The molecular weight excluding hydrogens is 88.1 g/mol. The Hall–Kier alpha value is -0.560. The summed E-state index contributed by atoms with van der Waals surface area (Å²) in [4.78, 5) is 0. The van der Waals surface area contributed by atoms with Gasteiger partial charge >= 0.3 is 0 Å². The third kappa shape index (κ3) is 0.416. The van der Waals surface area contributed by atoms with Crippen LogP contribution in [-0.2, 0) is 4.74 Å². The summed E-state index contributed by atoms with van der Waals surface area (Å²) in [5, 5.41) is 0. The molecule has 1 aliphatic heterocycles. The molecule has 1 heterocycles. The average Bonchev–Trinajstić information content (AvgIpc) is 2.41. The van der Waals surface area contributed by atoms with Gasteiger partial charge < -0.3 is 4.74 Å². The molecule has 0 amide bonds. The lowest BCUT2D eigenvalue weighted by molar-refractivity contribution is 0.414. The average molecular weight is 94.1 g/mol. The molecule has 1 saturated heterocycles. The highest BCUT2D eigenvalue weighted by molar-refractivity contribution is 5.22. The van der Waals surface area contributed by atoms with Crippen LogP contribution >= 0.6 is 0 Å². The Morgan fingerprint density at radius 1 is 1.00 bits per heavy atom. The highest BCUT2D eigenvalue weighted by atomic mass is 16.6. The van der Waals surface area contributed by atoms with Crippen LogP contribution in [0.5, 0.6) is 0 Å². The molecule has 0 spiro atoms. The predicted octanol–water partition coefficient (Wildman–Crippen LogP) is 0.880. The second-order valence-corrected chi connectivity index (χ2v) is 1.84. The standard InChI is InChI=1S/C6H6O/c1-2-4-6-5(3-1)7-6/h1-6H/t5-,6+. The molecule has 0 aromatic carbocycles. The minimum Gasteiger partial charge on any atom is -0.361 e. The summed E-state index contributed by atoms with van der Waals surface area (Å²) < 4.78 is 5.10. The fraction of sp³-hybridized carbons (Fsp3) is 0.333. The Kier molecular flexibility index (Phi) is 0.484. The maximum Gasteiger partial charge on any atom is 0.107 e. The summed E-state index contributed by atoms with van der Waals surface area (Å²) in [5.41, 5.74) is 0. The quantitative estimate of drug-likeness (QED) is 0.406. The summed E-state index contributed by atoms with van der Waals surface area (Å²) in [7, 11) is 0. The van der Waals surface area contributed by atoms with E-state index in [2.05, 4.69) is 12.2 Å². The van der Waals surface area contributed by atoms with E-state index in [9.17, 15) is 0 Å². The zero-order valence-corrected chi connectivity index (χ0v) is 3.87. The fourth-order valence-corrected chi connectivity index (χ4v) is 0.793. The van der Waals surface area contributed by atoms with Crippen molar-refractivity contribution < 1.29 is 4.74 Å². The molecule has 1 heteroatoms. The molecular formula is C6H6O. The van der Waals surface area contributed by atoms with Crippen LogP contribution < -0.4 is 0 Å². The molecule has 1 fully saturated rings. The lowest BCUT2D eigenvalue weighted by atomic mass is 10.2. The van der Waals surface area contributed by atoms with Gasteiger partial charge in [0.25, 0.3) is 0 Å². The minimum absolute atomic E-state index is 0.435. The first-order valence-electron chi connectivity index (χ1n) is 2.47. The van der Waals surface area contributed by atoms with Crippen LogP contribution in [0.15, 0.2) is 24.3 Å². The zero-order valence-electron chi connectivity index (χ0n) is 3.87. The maximum atomic E-state index is 5.10. The Morgan fingerprint density at radius 3 is 2.00 bits per heavy atom. The lowest BCUT2D eigenvalue weighted by Gasteiger charge is -1.81. The first-order valence-corrected chi connectivity index (χ1v) is 2.47. The van der Waals surface area contributed by atoms with Crippen LogP contribution in [0.1, 0.15) is 0 Å². The zero-order chi connectivity index (χ0) is 4.69. The van der Waals surface area contributed by atoms with Crippen molar-refractivity contribution >= 4 is 0 Å².